The van der Waals surface area contributed by atoms with Crippen molar-refractivity contribution in [2.75, 3.05) is 6.61 Å². The first-order valence-electron chi connectivity index (χ1n) is 4.73. The van der Waals surface area contributed by atoms with E-state index in [1.54, 1.807) is 0 Å². The fraction of sp³-hybridized carbons (Fsp3) is 0.455. The summed E-state index contributed by atoms with van der Waals surface area (Å²) in [4.78, 5) is 0. The molecule has 0 aliphatic carbocycles. The standard InChI is InChI=1S/C11H15O.BrH.Zn/c1-2-3-9-12-10-11-7-5-4-6-8-11;;/h4-5,7-8H,2-3,9-10H2,1H3;1H;/q-1;;+2/p-1. The molecular weight excluding hydrogens is 293 g/mol. The van der Waals surface area contributed by atoms with E-state index in [0.29, 0.717) is 0 Å². The first-order valence-corrected chi connectivity index (χ1v) is 11.7. The second-order valence-electron chi connectivity index (χ2n) is 2.82. The zero-order valence-corrected chi connectivity index (χ0v) is 13.2. The summed E-state index contributed by atoms with van der Waals surface area (Å²) in [7, 11) is 0. The van der Waals surface area contributed by atoms with Crippen molar-refractivity contribution >= 4 is 13.6 Å². The molecule has 1 rings (SSSR count). The molecule has 0 saturated carbocycles. The number of rotatable bonds is 5. The molecule has 0 radical (unpaired) electrons. The van der Waals surface area contributed by atoms with Crippen LogP contribution in [0.5, 0.6) is 0 Å². The Morgan fingerprint density at radius 1 is 1.50 bits per heavy atom. The van der Waals surface area contributed by atoms with Crippen LogP contribution in [-0.2, 0) is 27.7 Å². The maximum atomic E-state index is 5.44. The van der Waals surface area contributed by atoms with Crippen molar-refractivity contribution in [3.8, 4) is 0 Å². The molecule has 0 atom stereocenters. The van der Waals surface area contributed by atoms with Crippen molar-refractivity contribution in [2.24, 2.45) is 0 Å². The van der Waals surface area contributed by atoms with Gasteiger partial charge in [-0.2, -0.15) is 30.3 Å². The zero-order chi connectivity index (χ0) is 10.6. The van der Waals surface area contributed by atoms with E-state index in [1.807, 2.05) is 18.2 Å². The summed E-state index contributed by atoms with van der Waals surface area (Å²) in [6, 6.07) is 10.9. The Kier molecular flexibility index (Phi) is 11.6. The van der Waals surface area contributed by atoms with Gasteiger partial charge in [-0.25, -0.2) is 0 Å². The van der Waals surface area contributed by atoms with Gasteiger partial charge in [-0.3, -0.25) is 0 Å². The molecule has 0 heterocycles. The van der Waals surface area contributed by atoms with E-state index >= 15 is 0 Å². The molecule has 14 heavy (non-hydrogen) atoms. The molecule has 0 aromatic heterocycles. The van der Waals surface area contributed by atoms with Gasteiger partial charge in [0.2, 0.25) is 0 Å². The predicted octanol–water partition coefficient (Wildman–Crippen LogP) is 3.65. The van der Waals surface area contributed by atoms with Gasteiger partial charge in [0.1, 0.15) is 0 Å². The molecule has 74 valence electrons. The summed E-state index contributed by atoms with van der Waals surface area (Å²) < 4.78 is 5.44. The van der Waals surface area contributed by atoms with E-state index in [4.69, 9.17) is 4.74 Å². The van der Waals surface area contributed by atoms with Gasteiger partial charge < -0.3 is 4.74 Å². The van der Waals surface area contributed by atoms with Gasteiger partial charge in [0, 0.05) is 13.2 Å². The molecule has 0 saturated heterocycles. The third-order valence-electron chi connectivity index (χ3n) is 1.68. The van der Waals surface area contributed by atoms with E-state index in [1.165, 1.54) is 28.3 Å². The number of halogens is 1. The Labute approximate surface area is 103 Å². The SMILES string of the molecule is CCCCOCc1c[c-]ccc1.[Zn+][Br]. The van der Waals surface area contributed by atoms with Gasteiger partial charge in [0.05, 0.1) is 0 Å². The first kappa shape index (κ1) is 14.3. The third-order valence-corrected chi connectivity index (χ3v) is 1.68. The van der Waals surface area contributed by atoms with Crippen molar-refractivity contribution in [2.45, 2.75) is 26.4 Å². The average Bonchev–Trinajstić information content (AvgIpc) is 2.29. The van der Waals surface area contributed by atoms with Crippen LogP contribution in [0.2, 0.25) is 0 Å². The van der Waals surface area contributed by atoms with Gasteiger partial charge in [0.15, 0.2) is 0 Å². The van der Waals surface area contributed by atoms with E-state index in [2.05, 4.69) is 32.7 Å². The van der Waals surface area contributed by atoms with Crippen LogP contribution in [0, 0.1) is 6.07 Å². The molecule has 0 spiro atoms. The van der Waals surface area contributed by atoms with Crippen molar-refractivity contribution in [3.05, 3.63) is 35.9 Å². The van der Waals surface area contributed by atoms with Crippen LogP contribution in [0.3, 0.4) is 0 Å². The topological polar surface area (TPSA) is 9.23 Å². The van der Waals surface area contributed by atoms with Gasteiger partial charge in [-0.15, -0.1) is 5.56 Å². The van der Waals surface area contributed by atoms with Gasteiger partial charge in [-0.05, 0) is 6.42 Å². The minimum atomic E-state index is 0.720. The van der Waals surface area contributed by atoms with E-state index in [0.717, 1.165) is 19.6 Å². The van der Waals surface area contributed by atoms with Crippen molar-refractivity contribution in [3.63, 3.8) is 0 Å². The Morgan fingerprint density at radius 3 is 2.86 bits per heavy atom. The molecule has 0 aliphatic heterocycles. The summed E-state index contributed by atoms with van der Waals surface area (Å²) in [5, 5.41) is 0. The molecule has 0 unspecified atom stereocenters. The Morgan fingerprint density at radius 2 is 2.29 bits per heavy atom. The Balaban J connectivity index is 0.000000791. The summed E-state index contributed by atoms with van der Waals surface area (Å²) in [6.45, 7) is 3.75. The van der Waals surface area contributed by atoms with Crippen molar-refractivity contribution in [1.29, 1.82) is 0 Å². The van der Waals surface area contributed by atoms with E-state index in [-0.39, 0.29) is 0 Å². The van der Waals surface area contributed by atoms with Gasteiger partial charge in [0.25, 0.3) is 0 Å². The zero-order valence-electron chi connectivity index (χ0n) is 8.63. The fourth-order valence-corrected chi connectivity index (χ4v) is 0.957. The maximum absolute atomic E-state index is 5.44. The predicted molar refractivity (Wildman–Crippen MR) is 58.8 cm³/mol. The molecule has 1 aromatic carbocycles. The summed E-state index contributed by atoms with van der Waals surface area (Å²) in [5.74, 6) is 0. The second-order valence-corrected chi connectivity index (χ2v) is 2.82. The fourth-order valence-electron chi connectivity index (χ4n) is 0.957. The first-order chi connectivity index (χ1) is 6.93. The molecule has 0 amide bonds. The van der Waals surface area contributed by atoms with Gasteiger partial charge in [-0.1, -0.05) is 13.3 Å². The summed E-state index contributed by atoms with van der Waals surface area (Å²) >= 11 is 4.25. The molecule has 3 heteroatoms. The van der Waals surface area contributed by atoms with Crippen LogP contribution in [0.4, 0.5) is 0 Å². The van der Waals surface area contributed by atoms with Crippen molar-refractivity contribution in [1.82, 2.24) is 0 Å². The second kappa shape index (κ2) is 11.4. The van der Waals surface area contributed by atoms with Crippen LogP contribution in [0.25, 0.3) is 0 Å². The van der Waals surface area contributed by atoms with Crippen molar-refractivity contribution < 1.29 is 21.1 Å². The number of hydrogen-bond donors (Lipinski definition) is 0. The third kappa shape index (κ3) is 7.67. The van der Waals surface area contributed by atoms with E-state index < -0.39 is 0 Å². The molecular formula is C11H15BrOZn. The molecule has 0 fully saturated rings. The molecule has 0 bridgehead atoms. The number of benzene rings is 1. The minimum absolute atomic E-state index is 0.720. The normalized spacial score (nSPS) is 9.14. The number of ether oxygens (including phenoxy) is 1. The quantitative estimate of drug-likeness (QED) is 0.458. The summed E-state index contributed by atoms with van der Waals surface area (Å²) in [6.07, 6.45) is 2.34. The molecule has 1 aromatic rings. The summed E-state index contributed by atoms with van der Waals surface area (Å²) in [5.41, 5.74) is 1.20. The van der Waals surface area contributed by atoms with Gasteiger partial charge >= 0.3 is 30.0 Å². The Hall–Kier alpha value is 0.283. The molecule has 0 N–H and O–H groups in total. The monoisotopic (exact) mass is 306 g/mol. The van der Waals surface area contributed by atoms with Crippen LogP contribution in [0.1, 0.15) is 25.3 Å². The van der Waals surface area contributed by atoms with Crippen LogP contribution >= 0.6 is 13.6 Å². The van der Waals surface area contributed by atoms with Crippen LogP contribution in [-0.4, -0.2) is 6.61 Å². The number of hydrogen-bond acceptors (Lipinski definition) is 1. The number of unbranched alkanes of at least 4 members (excludes halogenated alkanes) is 1. The van der Waals surface area contributed by atoms with Crippen LogP contribution < -0.4 is 0 Å². The van der Waals surface area contributed by atoms with Crippen LogP contribution in [0.15, 0.2) is 24.3 Å². The van der Waals surface area contributed by atoms with E-state index in [9.17, 15) is 0 Å². The molecule has 0 aliphatic rings. The molecule has 1 nitrogen and oxygen atoms in total. The Bertz CT molecular complexity index is 204. The average molecular weight is 309 g/mol.